The van der Waals surface area contributed by atoms with Crippen molar-refractivity contribution in [1.29, 1.82) is 0 Å². The number of ether oxygens (including phenoxy) is 1. The van der Waals surface area contributed by atoms with Gasteiger partial charge in [0.25, 0.3) is 0 Å². The van der Waals surface area contributed by atoms with Crippen LogP contribution in [0.2, 0.25) is 0 Å². The van der Waals surface area contributed by atoms with E-state index in [0.29, 0.717) is 6.54 Å². The van der Waals surface area contributed by atoms with Gasteiger partial charge in [-0.2, -0.15) is 0 Å². The molecule has 0 unspecified atom stereocenters. The zero-order valence-corrected chi connectivity index (χ0v) is 14.2. The molecule has 1 amide bonds. The Morgan fingerprint density at radius 3 is 2.67 bits per heavy atom. The number of amides is 1. The SMILES string of the molecule is O=C(Cc1cccc(F)c1)NCC1(N2CCOCC2)CCCCC1. The molecule has 1 N–H and O–H groups in total. The highest BCUT2D eigenvalue weighted by Gasteiger charge is 2.38. The first kappa shape index (κ1) is 17.4. The maximum Gasteiger partial charge on any atom is 0.224 e. The van der Waals surface area contributed by atoms with Crippen molar-refractivity contribution < 1.29 is 13.9 Å². The van der Waals surface area contributed by atoms with E-state index in [-0.39, 0.29) is 23.7 Å². The summed E-state index contributed by atoms with van der Waals surface area (Å²) in [4.78, 5) is 14.8. The smallest absolute Gasteiger partial charge is 0.224 e. The Balaban J connectivity index is 1.59. The number of hydrogen-bond acceptors (Lipinski definition) is 3. The largest absolute Gasteiger partial charge is 0.379 e. The quantitative estimate of drug-likeness (QED) is 0.900. The second-order valence-corrected chi connectivity index (χ2v) is 6.97. The molecule has 1 aliphatic carbocycles. The average molecular weight is 334 g/mol. The Kier molecular flexibility index (Phi) is 5.85. The third-order valence-electron chi connectivity index (χ3n) is 5.33. The molecule has 1 aromatic rings. The minimum absolute atomic E-state index is 0.0289. The van der Waals surface area contributed by atoms with E-state index in [1.807, 2.05) is 0 Å². The second-order valence-electron chi connectivity index (χ2n) is 6.97. The highest BCUT2D eigenvalue weighted by molar-refractivity contribution is 5.78. The predicted molar refractivity (Wildman–Crippen MR) is 91.3 cm³/mol. The number of hydrogen-bond donors (Lipinski definition) is 1. The van der Waals surface area contributed by atoms with Crippen molar-refractivity contribution in [2.24, 2.45) is 0 Å². The Labute approximate surface area is 143 Å². The van der Waals surface area contributed by atoms with Crippen molar-refractivity contribution in [2.75, 3.05) is 32.8 Å². The van der Waals surface area contributed by atoms with Gasteiger partial charge in [0.15, 0.2) is 0 Å². The molecule has 1 heterocycles. The van der Waals surface area contributed by atoms with Gasteiger partial charge < -0.3 is 10.1 Å². The molecule has 0 spiro atoms. The number of carbonyl (C=O) groups excluding carboxylic acids is 1. The molecule has 2 aliphatic rings. The normalized spacial score (nSPS) is 21.4. The van der Waals surface area contributed by atoms with Crippen molar-refractivity contribution in [1.82, 2.24) is 10.2 Å². The van der Waals surface area contributed by atoms with E-state index >= 15 is 0 Å². The average Bonchev–Trinajstić information content (AvgIpc) is 2.62. The molecule has 0 aromatic heterocycles. The van der Waals surface area contributed by atoms with Crippen LogP contribution in [-0.4, -0.2) is 49.2 Å². The second kappa shape index (κ2) is 8.08. The Bertz CT molecular complexity index is 552. The third kappa shape index (κ3) is 4.33. The van der Waals surface area contributed by atoms with Crippen molar-refractivity contribution in [3.63, 3.8) is 0 Å². The van der Waals surface area contributed by atoms with Gasteiger partial charge in [0.2, 0.25) is 5.91 Å². The zero-order chi connectivity index (χ0) is 16.8. The van der Waals surface area contributed by atoms with Crippen LogP contribution in [0, 0.1) is 5.82 Å². The number of morpholine rings is 1. The number of carbonyl (C=O) groups is 1. The van der Waals surface area contributed by atoms with Gasteiger partial charge in [0, 0.05) is 25.2 Å². The summed E-state index contributed by atoms with van der Waals surface area (Å²) in [6.45, 7) is 4.12. The Morgan fingerprint density at radius 2 is 1.96 bits per heavy atom. The molecule has 0 radical (unpaired) electrons. The summed E-state index contributed by atoms with van der Waals surface area (Å²) in [5.74, 6) is -0.323. The number of nitrogens with one attached hydrogen (secondary N) is 1. The van der Waals surface area contributed by atoms with Gasteiger partial charge in [-0.15, -0.1) is 0 Å². The standard InChI is InChI=1S/C19H27FN2O2/c20-17-6-4-5-16(13-17)14-18(23)21-15-19(7-2-1-3-8-19)22-9-11-24-12-10-22/h4-6,13H,1-3,7-12,14-15H2,(H,21,23). The zero-order valence-electron chi connectivity index (χ0n) is 14.2. The lowest BCUT2D eigenvalue weighted by atomic mass is 9.79. The van der Waals surface area contributed by atoms with Crippen LogP contribution in [0.25, 0.3) is 0 Å². The maximum absolute atomic E-state index is 13.2. The van der Waals surface area contributed by atoms with E-state index in [1.54, 1.807) is 12.1 Å². The molecule has 24 heavy (non-hydrogen) atoms. The minimum Gasteiger partial charge on any atom is -0.379 e. The summed E-state index contributed by atoms with van der Waals surface area (Å²) in [5, 5.41) is 3.11. The third-order valence-corrected chi connectivity index (χ3v) is 5.33. The van der Waals surface area contributed by atoms with E-state index in [4.69, 9.17) is 4.74 Å². The van der Waals surface area contributed by atoms with Crippen LogP contribution in [0.5, 0.6) is 0 Å². The fourth-order valence-corrected chi connectivity index (χ4v) is 4.01. The number of nitrogens with zero attached hydrogens (tertiary/aromatic N) is 1. The van der Waals surface area contributed by atoms with Gasteiger partial charge in [0.05, 0.1) is 19.6 Å². The number of benzene rings is 1. The van der Waals surface area contributed by atoms with Crippen LogP contribution in [0.15, 0.2) is 24.3 Å². The summed E-state index contributed by atoms with van der Waals surface area (Å²) in [6, 6.07) is 6.27. The van der Waals surface area contributed by atoms with Gasteiger partial charge in [-0.25, -0.2) is 4.39 Å². The molecule has 1 aliphatic heterocycles. The first-order chi connectivity index (χ1) is 11.7. The van der Waals surface area contributed by atoms with Crippen molar-refractivity contribution in [3.05, 3.63) is 35.6 Å². The van der Waals surface area contributed by atoms with E-state index in [9.17, 15) is 9.18 Å². The molecular weight excluding hydrogens is 307 g/mol. The fourth-order valence-electron chi connectivity index (χ4n) is 4.01. The number of rotatable bonds is 5. The molecule has 4 nitrogen and oxygen atoms in total. The lowest BCUT2D eigenvalue weighted by molar-refractivity contribution is -0.121. The first-order valence-electron chi connectivity index (χ1n) is 9.02. The molecule has 0 bridgehead atoms. The summed E-state index contributed by atoms with van der Waals surface area (Å²) < 4.78 is 18.7. The van der Waals surface area contributed by atoms with Crippen LogP contribution in [0.3, 0.4) is 0 Å². The molecule has 0 atom stereocenters. The first-order valence-corrected chi connectivity index (χ1v) is 9.02. The Morgan fingerprint density at radius 1 is 1.21 bits per heavy atom. The monoisotopic (exact) mass is 334 g/mol. The lowest BCUT2D eigenvalue weighted by Gasteiger charge is -2.48. The summed E-state index contributed by atoms with van der Waals surface area (Å²) in [6.07, 6.45) is 6.22. The van der Waals surface area contributed by atoms with Crippen LogP contribution in [0.1, 0.15) is 37.7 Å². The van der Waals surface area contributed by atoms with Crippen LogP contribution in [-0.2, 0) is 16.0 Å². The van der Waals surface area contributed by atoms with Gasteiger partial charge in [-0.1, -0.05) is 31.4 Å². The van der Waals surface area contributed by atoms with E-state index < -0.39 is 0 Å². The molecule has 1 saturated heterocycles. The lowest BCUT2D eigenvalue weighted by Crippen LogP contribution is -2.59. The Hall–Kier alpha value is -1.46. The van der Waals surface area contributed by atoms with Crippen molar-refractivity contribution in [3.8, 4) is 0 Å². The van der Waals surface area contributed by atoms with Gasteiger partial charge in [-0.3, -0.25) is 9.69 Å². The maximum atomic E-state index is 13.2. The topological polar surface area (TPSA) is 41.6 Å². The van der Waals surface area contributed by atoms with Gasteiger partial charge >= 0.3 is 0 Å². The van der Waals surface area contributed by atoms with Crippen molar-refractivity contribution in [2.45, 2.75) is 44.1 Å². The minimum atomic E-state index is -0.294. The fraction of sp³-hybridized carbons (Fsp3) is 0.632. The number of halogens is 1. The molecule has 1 saturated carbocycles. The van der Waals surface area contributed by atoms with Gasteiger partial charge in [0.1, 0.15) is 5.82 Å². The molecular formula is C19H27FN2O2. The van der Waals surface area contributed by atoms with Crippen LogP contribution in [0.4, 0.5) is 4.39 Å². The van der Waals surface area contributed by atoms with E-state index in [2.05, 4.69) is 10.2 Å². The highest BCUT2D eigenvalue weighted by atomic mass is 19.1. The molecule has 132 valence electrons. The molecule has 1 aromatic carbocycles. The highest BCUT2D eigenvalue weighted by Crippen LogP contribution is 2.33. The summed E-state index contributed by atoms with van der Waals surface area (Å²) in [5.41, 5.74) is 0.788. The molecule has 5 heteroatoms. The molecule has 3 rings (SSSR count). The molecule has 2 fully saturated rings. The van der Waals surface area contributed by atoms with Crippen LogP contribution < -0.4 is 5.32 Å². The van der Waals surface area contributed by atoms with Crippen LogP contribution >= 0.6 is 0 Å². The predicted octanol–water partition coefficient (Wildman–Crippen LogP) is 2.52. The van der Waals surface area contributed by atoms with E-state index in [1.165, 1.54) is 31.4 Å². The van der Waals surface area contributed by atoms with E-state index in [0.717, 1.165) is 44.7 Å². The summed E-state index contributed by atoms with van der Waals surface area (Å²) in [7, 11) is 0. The summed E-state index contributed by atoms with van der Waals surface area (Å²) >= 11 is 0. The van der Waals surface area contributed by atoms with Gasteiger partial charge in [-0.05, 0) is 30.5 Å². The van der Waals surface area contributed by atoms with Crippen molar-refractivity contribution >= 4 is 5.91 Å².